The molecule has 3 heterocycles. The van der Waals surface area contributed by atoms with Gasteiger partial charge in [0.05, 0.1) is 17.6 Å². The SMILES string of the molecule is CCNC(=NCc1cnc(C)s1)NCC(c1cccs1)N1CCC(C)CC1.I. The Hall–Kier alpha value is -0.710. The Morgan fingerprint density at radius 2 is 2.14 bits per heavy atom. The lowest BCUT2D eigenvalue weighted by atomic mass is 9.97. The molecule has 0 radical (unpaired) electrons. The number of aliphatic imine (C=N–C) groups is 1. The maximum atomic E-state index is 4.76. The molecule has 0 bridgehead atoms. The Morgan fingerprint density at radius 1 is 1.36 bits per heavy atom. The summed E-state index contributed by atoms with van der Waals surface area (Å²) in [6.45, 7) is 11.3. The fourth-order valence-corrected chi connectivity index (χ4v) is 4.98. The van der Waals surface area contributed by atoms with Crippen LogP contribution in [0, 0.1) is 12.8 Å². The van der Waals surface area contributed by atoms with Gasteiger partial charge < -0.3 is 10.6 Å². The highest BCUT2D eigenvalue weighted by atomic mass is 127. The van der Waals surface area contributed by atoms with E-state index in [0.29, 0.717) is 12.6 Å². The minimum atomic E-state index is 0. The monoisotopic (exact) mass is 533 g/mol. The molecular weight excluding hydrogens is 501 g/mol. The number of aromatic nitrogens is 1. The number of likely N-dealkylation sites (tertiary alicyclic amines) is 1. The van der Waals surface area contributed by atoms with Gasteiger partial charge in [-0.3, -0.25) is 4.90 Å². The summed E-state index contributed by atoms with van der Waals surface area (Å²) >= 11 is 3.57. The molecule has 3 rings (SSSR count). The lowest BCUT2D eigenvalue weighted by molar-refractivity contribution is 0.140. The van der Waals surface area contributed by atoms with Crippen LogP contribution in [0.25, 0.3) is 0 Å². The molecular formula is C20H32IN5S2. The Bertz CT molecular complexity index is 708. The third-order valence-corrected chi connectivity index (χ3v) is 6.87. The first-order chi connectivity index (χ1) is 13.2. The largest absolute Gasteiger partial charge is 0.357 e. The first-order valence-corrected chi connectivity index (χ1v) is 11.6. The number of nitrogens with zero attached hydrogens (tertiary/aromatic N) is 3. The van der Waals surface area contributed by atoms with Crippen LogP contribution in [0.5, 0.6) is 0 Å². The van der Waals surface area contributed by atoms with Crippen LogP contribution in [0.4, 0.5) is 0 Å². The topological polar surface area (TPSA) is 52.6 Å². The van der Waals surface area contributed by atoms with E-state index in [-0.39, 0.29) is 24.0 Å². The van der Waals surface area contributed by atoms with Crippen LogP contribution in [-0.2, 0) is 6.54 Å². The zero-order valence-corrected chi connectivity index (χ0v) is 20.9. The zero-order chi connectivity index (χ0) is 19.1. The number of aryl methyl sites for hydroxylation is 1. The third-order valence-electron chi connectivity index (χ3n) is 5.00. The number of piperidine rings is 1. The van der Waals surface area contributed by atoms with Crippen molar-refractivity contribution in [3.8, 4) is 0 Å². The van der Waals surface area contributed by atoms with Gasteiger partial charge in [-0.05, 0) is 57.1 Å². The van der Waals surface area contributed by atoms with Gasteiger partial charge in [0.15, 0.2) is 5.96 Å². The summed E-state index contributed by atoms with van der Waals surface area (Å²) in [7, 11) is 0. The number of guanidine groups is 1. The maximum absolute atomic E-state index is 4.76. The van der Waals surface area contributed by atoms with Gasteiger partial charge in [-0.2, -0.15) is 0 Å². The van der Waals surface area contributed by atoms with Gasteiger partial charge >= 0.3 is 0 Å². The van der Waals surface area contributed by atoms with Crippen LogP contribution in [0.1, 0.15) is 47.5 Å². The summed E-state index contributed by atoms with van der Waals surface area (Å²) in [6.07, 6.45) is 4.51. The molecule has 2 aromatic rings. The molecule has 8 heteroatoms. The number of hydrogen-bond acceptors (Lipinski definition) is 5. The quantitative estimate of drug-likeness (QED) is 0.309. The first-order valence-electron chi connectivity index (χ1n) is 9.86. The van der Waals surface area contributed by atoms with E-state index in [1.807, 2.05) is 24.5 Å². The van der Waals surface area contributed by atoms with Crippen molar-refractivity contribution in [1.29, 1.82) is 0 Å². The van der Waals surface area contributed by atoms with Crippen molar-refractivity contribution in [3.63, 3.8) is 0 Å². The molecule has 1 fully saturated rings. The molecule has 0 saturated carbocycles. The molecule has 0 aliphatic carbocycles. The van der Waals surface area contributed by atoms with Crippen LogP contribution in [0.2, 0.25) is 0 Å². The minimum Gasteiger partial charge on any atom is -0.357 e. The van der Waals surface area contributed by atoms with Crippen molar-refractivity contribution in [3.05, 3.63) is 38.5 Å². The average molecular weight is 534 g/mol. The van der Waals surface area contributed by atoms with E-state index in [4.69, 9.17) is 4.99 Å². The molecule has 0 aromatic carbocycles. The van der Waals surface area contributed by atoms with Crippen molar-refractivity contribution in [2.45, 2.75) is 46.2 Å². The number of thiazole rings is 1. The van der Waals surface area contributed by atoms with Crippen LogP contribution in [0.3, 0.4) is 0 Å². The second kappa shape index (κ2) is 12.1. The summed E-state index contributed by atoms with van der Waals surface area (Å²) in [6, 6.07) is 4.83. The number of rotatable bonds is 7. The number of halogens is 1. The third kappa shape index (κ3) is 6.96. The Kier molecular flexibility index (Phi) is 10.2. The van der Waals surface area contributed by atoms with Crippen molar-refractivity contribution in [1.82, 2.24) is 20.5 Å². The summed E-state index contributed by atoms with van der Waals surface area (Å²) < 4.78 is 0. The van der Waals surface area contributed by atoms with E-state index < -0.39 is 0 Å². The lowest BCUT2D eigenvalue weighted by Gasteiger charge is -2.36. The lowest BCUT2D eigenvalue weighted by Crippen LogP contribution is -2.45. The standard InChI is InChI=1S/C20H31N5S2.HI/c1-4-21-20(23-13-17-12-22-16(3)27-17)24-14-18(19-6-5-11-26-19)25-9-7-15(2)8-10-25;/h5-6,11-12,15,18H,4,7-10,13-14H2,1-3H3,(H2,21,23,24);1H. The predicted molar refractivity (Wildman–Crippen MR) is 132 cm³/mol. The minimum absolute atomic E-state index is 0. The van der Waals surface area contributed by atoms with Gasteiger partial charge in [-0.15, -0.1) is 46.7 Å². The van der Waals surface area contributed by atoms with Crippen LogP contribution in [-0.4, -0.2) is 42.0 Å². The van der Waals surface area contributed by atoms with E-state index in [9.17, 15) is 0 Å². The normalized spacial score (nSPS) is 17.2. The van der Waals surface area contributed by atoms with E-state index in [1.54, 1.807) is 11.3 Å². The summed E-state index contributed by atoms with van der Waals surface area (Å²) in [4.78, 5) is 14.3. The summed E-state index contributed by atoms with van der Waals surface area (Å²) in [5.74, 6) is 1.73. The average Bonchev–Trinajstić information content (AvgIpc) is 3.33. The van der Waals surface area contributed by atoms with Gasteiger partial charge in [0.25, 0.3) is 0 Å². The van der Waals surface area contributed by atoms with Crippen molar-refractivity contribution in [2.24, 2.45) is 10.9 Å². The highest BCUT2D eigenvalue weighted by molar-refractivity contribution is 14.0. The molecule has 156 valence electrons. The summed E-state index contributed by atoms with van der Waals surface area (Å²) in [5.41, 5.74) is 0. The van der Waals surface area contributed by atoms with Gasteiger partial charge in [0.2, 0.25) is 0 Å². The Morgan fingerprint density at radius 3 is 2.75 bits per heavy atom. The summed E-state index contributed by atoms with van der Waals surface area (Å²) in [5, 5.41) is 10.2. The van der Waals surface area contributed by atoms with E-state index >= 15 is 0 Å². The van der Waals surface area contributed by atoms with Gasteiger partial charge in [-0.25, -0.2) is 9.98 Å². The molecule has 28 heavy (non-hydrogen) atoms. The molecule has 2 aromatic heterocycles. The van der Waals surface area contributed by atoms with Crippen LogP contribution in [0.15, 0.2) is 28.7 Å². The molecule has 1 aliphatic heterocycles. The van der Waals surface area contributed by atoms with E-state index in [0.717, 1.165) is 30.0 Å². The van der Waals surface area contributed by atoms with Crippen LogP contribution >= 0.6 is 46.7 Å². The zero-order valence-electron chi connectivity index (χ0n) is 17.0. The number of nitrogens with one attached hydrogen (secondary N) is 2. The van der Waals surface area contributed by atoms with Gasteiger partial charge in [0, 0.05) is 29.0 Å². The molecule has 1 unspecified atom stereocenters. The maximum Gasteiger partial charge on any atom is 0.191 e. The van der Waals surface area contributed by atoms with E-state index in [1.165, 1.54) is 35.7 Å². The molecule has 5 nitrogen and oxygen atoms in total. The number of hydrogen-bond donors (Lipinski definition) is 2. The Labute approximate surface area is 194 Å². The van der Waals surface area contributed by atoms with Crippen LogP contribution < -0.4 is 10.6 Å². The molecule has 1 atom stereocenters. The van der Waals surface area contributed by atoms with Crippen molar-refractivity contribution >= 4 is 52.6 Å². The van der Waals surface area contributed by atoms with Gasteiger partial charge in [0.1, 0.15) is 0 Å². The molecule has 0 spiro atoms. The highest BCUT2D eigenvalue weighted by Gasteiger charge is 2.25. The molecule has 0 amide bonds. The van der Waals surface area contributed by atoms with Crippen molar-refractivity contribution < 1.29 is 0 Å². The molecule has 1 saturated heterocycles. The predicted octanol–water partition coefficient (Wildman–Crippen LogP) is 4.66. The second-order valence-corrected chi connectivity index (χ2v) is 9.47. The van der Waals surface area contributed by atoms with Crippen molar-refractivity contribution in [2.75, 3.05) is 26.2 Å². The molecule has 2 N–H and O–H groups in total. The fourth-order valence-electron chi connectivity index (χ4n) is 3.40. The first kappa shape index (κ1) is 23.6. The highest BCUT2D eigenvalue weighted by Crippen LogP contribution is 2.29. The molecule has 1 aliphatic rings. The smallest absolute Gasteiger partial charge is 0.191 e. The number of thiophene rings is 1. The van der Waals surface area contributed by atoms with E-state index in [2.05, 4.69) is 51.9 Å². The Balaban J connectivity index is 0.00000280. The second-order valence-electron chi connectivity index (χ2n) is 7.17. The fraction of sp³-hybridized carbons (Fsp3) is 0.600. The van der Waals surface area contributed by atoms with Gasteiger partial charge in [-0.1, -0.05) is 13.0 Å².